The second-order valence-electron chi connectivity index (χ2n) is 6.28. The van der Waals surface area contributed by atoms with Gasteiger partial charge in [0.05, 0.1) is 0 Å². The number of benzene rings is 1. The van der Waals surface area contributed by atoms with E-state index in [-0.39, 0.29) is 11.3 Å². The van der Waals surface area contributed by atoms with Crippen molar-refractivity contribution >= 4 is 9.84 Å². The minimum atomic E-state index is -2.86. The average molecular weight is 295 g/mol. The fourth-order valence-corrected chi connectivity index (χ4v) is 3.86. The molecule has 1 aromatic rings. The Labute approximate surface area is 122 Å². The largest absolute Gasteiger partial charge is 0.325 e. The maximum absolute atomic E-state index is 11.2. The number of nitrogens with two attached hydrogens (primary N) is 1. The molecule has 0 bridgehead atoms. The highest BCUT2D eigenvalue weighted by Gasteiger charge is 2.31. The van der Waals surface area contributed by atoms with E-state index in [0.717, 1.165) is 32.1 Å². The highest BCUT2D eigenvalue weighted by atomic mass is 32.2. The zero-order valence-corrected chi connectivity index (χ0v) is 13.0. The van der Waals surface area contributed by atoms with Gasteiger partial charge in [0.25, 0.3) is 0 Å². The minimum Gasteiger partial charge on any atom is -0.325 e. The van der Waals surface area contributed by atoms with Crippen molar-refractivity contribution in [1.82, 2.24) is 0 Å². The van der Waals surface area contributed by atoms with Gasteiger partial charge in [-0.1, -0.05) is 30.3 Å². The molecule has 0 aromatic heterocycles. The summed E-state index contributed by atoms with van der Waals surface area (Å²) in [5.41, 5.74) is 7.69. The van der Waals surface area contributed by atoms with Gasteiger partial charge >= 0.3 is 0 Å². The lowest BCUT2D eigenvalue weighted by molar-refractivity contribution is 0.255. The first-order valence-corrected chi connectivity index (χ1v) is 9.46. The smallest absolute Gasteiger partial charge is 0.147 e. The summed E-state index contributed by atoms with van der Waals surface area (Å²) < 4.78 is 22.3. The van der Waals surface area contributed by atoms with Crippen molar-refractivity contribution in [3.63, 3.8) is 0 Å². The molecule has 0 radical (unpaired) electrons. The summed E-state index contributed by atoms with van der Waals surface area (Å²) in [4.78, 5) is 0. The summed E-state index contributed by atoms with van der Waals surface area (Å²) in [5.74, 6) is 0.872. The zero-order chi connectivity index (χ0) is 14.6. The van der Waals surface area contributed by atoms with Gasteiger partial charge in [-0.3, -0.25) is 0 Å². The fraction of sp³-hybridized carbons (Fsp3) is 0.625. The molecule has 2 rings (SSSR count). The normalized spacial score (nSPS) is 27.4. The first-order chi connectivity index (χ1) is 9.38. The minimum absolute atomic E-state index is 0.157. The third-order valence-corrected chi connectivity index (χ3v) is 5.47. The van der Waals surface area contributed by atoms with E-state index < -0.39 is 9.84 Å². The quantitative estimate of drug-likeness (QED) is 0.908. The van der Waals surface area contributed by atoms with E-state index in [2.05, 4.69) is 24.3 Å². The van der Waals surface area contributed by atoms with Gasteiger partial charge in [-0.2, -0.15) is 0 Å². The molecule has 1 aliphatic rings. The van der Waals surface area contributed by atoms with Crippen LogP contribution in [0.15, 0.2) is 30.3 Å². The number of sulfone groups is 1. The maximum atomic E-state index is 11.2. The highest BCUT2D eigenvalue weighted by Crippen LogP contribution is 2.38. The molecule has 112 valence electrons. The topological polar surface area (TPSA) is 60.2 Å². The molecule has 20 heavy (non-hydrogen) atoms. The van der Waals surface area contributed by atoms with E-state index in [1.54, 1.807) is 0 Å². The van der Waals surface area contributed by atoms with Crippen LogP contribution in [-0.4, -0.2) is 26.0 Å². The third-order valence-electron chi connectivity index (χ3n) is 4.44. The molecule has 0 spiro atoms. The van der Waals surface area contributed by atoms with Crippen molar-refractivity contribution in [2.24, 2.45) is 5.73 Å². The Morgan fingerprint density at radius 1 is 1.20 bits per heavy atom. The van der Waals surface area contributed by atoms with Crippen molar-refractivity contribution in [2.45, 2.75) is 50.0 Å². The lowest BCUT2D eigenvalue weighted by atomic mass is 9.73. The summed E-state index contributed by atoms with van der Waals surface area (Å²) in [6.45, 7) is 0. The van der Waals surface area contributed by atoms with Crippen LogP contribution in [0.1, 0.15) is 50.0 Å². The molecule has 1 aromatic carbocycles. The first-order valence-electron chi connectivity index (χ1n) is 7.40. The molecular formula is C16H25NO2S. The number of hydrogen-bond acceptors (Lipinski definition) is 3. The van der Waals surface area contributed by atoms with Crippen LogP contribution in [0.25, 0.3) is 0 Å². The van der Waals surface area contributed by atoms with Gasteiger partial charge < -0.3 is 5.73 Å². The summed E-state index contributed by atoms with van der Waals surface area (Å²) in [5, 5.41) is 0. The van der Waals surface area contributed by atoms with Crippen molar-refractivity contribution in [3.8, 4) is 0 Å². The molecule has 0 atom stereocenters. The van der Waals surface area contributed by atoms with E-state index in [9.17, 15) is 8.42 Å². The molecule has 2 N–H and O–H groups in total. The number of hydrogen-bond donors (Lipinski definition) is 1. The molecule has 0 heterocycles. The van der Waals surface area contributed by atoms with Crippen LogP contribution >= 0.6 is 0 Å². The molecule has 1 fully saturated rings. The van der Waals surface area contributed by atoms with E-state index in [0.29, 0.717) is 12.3 Å². The molecule has 0 aliphatic heterocycles. The second-order valence-corrected chi connectivity index (χ2v) is 8.54. The molecule has 0 amide bonds. The van der Waals surface area contributed by atoms with Crippen LogP contribution in [0.3, 0.4) is 0 Å². The molecule has 4 heteroatoms. The molecular weight excluding hydrogens is 270 g/mol. The van der Waals surface area contributed by atoms with E-state index >= 15 is 0 Å². The van der Waals surface area contributed by atoms with Crippen molar-refractivity contribution in [1.29, 1.82) is 0 Å². The Kier molecular flexibility index (Phi) is 4.86. The molecule has 0 unspecified atom stereocenters. The monoisotopic (exact) mass is 295 g/mol. The summed E-state index contributed by atoms with van der Waals surface area (Å²) in [6, 6.07) is 10.6. The van der Waals surface area contributed by atoms with Gasteiger partial charge in [0.15, 0.2) is 0 Å². The Balaban J connectivity index is 1.84. The first kappa shape index (κ1) is 15.5. The summed E-state index contributed by atoms with van der Waals surface area (Å²) in [7, 11) is -2.86. The second kappa shape index (κ2) is 6.27. The van der Waals surface area contributed by atoms with Gasteiger partial charge in [0.2, 0.25) is 0 Å². The molecule has 1 aliphatic carbocycles. The van der Waals surface area contributed by atoms with Crippen molar-refractivity contribution in [3.05, 3.63) is 35.9 Å². The van der Waals surface area contributed by atoms with Gasteiger partial charge in [-0.05, 0) is 50.0 Å². The average Bonchev–Trinajstić information content (AvgIpc) is 2.39. The van der Waals surface area contributed by atoms with Crippen LogP contribution < -0.4 is 5.73 Å². The predicted octanol–water partition coefficient (Wildman–Crippen LogP) is 2.87. The molecule has 0 saturated heterocycles. The predicted molar refractivity (Wildman–Crippen MR) is 83.5 cm³/mol. The van der Waals surface area contributed by atoms with Crippen LogP contribution in [-0.2, 0) is 9.84 Å². The van der Waals surface area contributed by atoms with E-state index in [4.69, 9.17) is 5.73 Å². The third kappa shape index (κ3) is 4.60. The zero-order valence-electron chi connectivity index (χ0n) is 12.2. The highest BCUT2D eigenvalue weighted by molar-refractivity contribution is 7.90. The lowest BCUT2D eigenvalue weighted by Gasteiger charge is -2.37. The van der Waals surface area contributed by atoms with Crippen molar-refractivity contribution < 1.29 is 8.42 Å². The van der Waals surface area contributed by atoms with Crippen LogP contribution in [0.5, 0.6) is 0 Å². The van der Waals surface area contributed by atoms with E-state index in [1.165, 1.54) is 11.8 Å². The summed E-state index contributed by atoms with van der Waals surface area (Å²) >= 11 is 0. The van der Waals surface area contributed by atoms with Gasteiger partial charge in [0, 0.05) is 17.5 Å². The summed E-state index contributed by atoms with van der Waals surface area (Å²) in [6.07, 6.45) is 7.01. The Hall–Kier alpha value is -0.870. The van der Waals surface area contributed by atoms with E-state index in [1.807, 2.05) is 6.07 Å². The maximum Gasteiger partial charge on any atom is 0.147 e. The SMILES string of the molecule is CS(=O)(=O)CCCC1(N)CCC(c2ccccc2)CC1. The van der Waals surface area contributed by atoms with Gasteiger partial charge in [-0.25, -0.2) is 8.42 Å². The van der Waals surface area contributed by atoms with Crippen LogP contribution in [0.4, 0.5) is 0 Å². The van der Waals surface area contributed by atoms with Crippen LogP contribution in [0.2, 0.25) is 0 Å². The van der Waals surface area contributed by atoms with Crippen molar-refractivity contribution in [2.75, 3.05) is 12.0 Å². The molecule has 1 saturated carbocycles. The van der Waals surface area contributed by atoms with Gasteiger partial charge in [-0.15, -0.1) is 0 Å². The van der Waals surface area contributed by atoms with Gasteiger partial charge in [0.1, 0.15) is 9.84 Å². The lowest BCUT2D eigenvalue weighted by Crippen LogP contribution is -2.43. The Morgan fingerprint density at radius 3 is 2.35 bits per heavy atom. The standard InChI is InChI=1S/C16H25NO2S/c1-20(18,19)13-5-10-16(17)11-8-15(9-12-16)14-6-3-2-4-7-14/h2-4,6-7,15H,5,8-13,17H2,1H3. The Morgan fingerprint density at radius 2 is 1.80 bits per heavy atom. The number of rotatable bonds is 5. The van der Waals surface area contributed by atoms with Crippen LogP contribution in [0, 0.1) is 0 Å². The Bertz CT molecular complexity index is 517. The molecule has 3 nitrogen and oxygen atoms in total. The fourth-order valence-electron chi connectivity index (χ4n) is 3.19.